The lowest BCUT2D eigenvalue weighted by Crippen LogP contribution is -2.52. The molecular weight excluding hydrogens is 388 g/mol. The third kappa shape index (κ3) is 7.07. The summed E-state index contributed by atoms with van der Waals surface area (Å²) in [4.78, 5) is 39.5. The van der Waals surface area contributed by atoms with E-state index in [0.717, 1.165) is 17.7 Å². The Kier molecular flexibility index (Phi) is 9.01. The molecule has 2 amide bonds. The molecule has 2 unspecified atom stereocenters. The summed E-state index contributed by atoms with van der Waals surface area (Å²) in [7, 11) is 0. The van der Waals surface area contributed by atoms with Crippen molar-refractivity contribution in [3.05, 3.63) is 29.8 Å². The molecule has 7 heteroatoms. The predicted molar refractivity (Wildman–Crippen MR) is 115 cm³/mol. The molecule has 0 saturated carbocycles. The number of esters is 1. The fourth-order valence-corrected chi connectivity index (χ4v) is 4.31. The normalized spacial score (nSPS) is 17.7. The second-order valence-corrected chi connectivity index (χ2v) is 8.76. The summed E-state index contributed by atoms with van der Waals surface area (Å²) >= 11 is 1.54. The van der Waals surface area contributed by atoms with Crippen molar-refractivity contribution in [3.8, 4) is 0 Å². The monoisotopic (exact) mass is 420 g/mol. The maximum absolute atomic E-state index is 13.1. The average molecular weight is 421 g/mol. The van der Waals surface area contributed by atoms with Crippen LogP contribution in [0.25, 0.3) is 0 Å². The number of benzene rings is 1. The van der Waals surface area contributed by atoms with Gasteiger partial charge in [-0.15, -0.1) is 11.8 Å². The highest BCUT2D eigenvalue weighted by molar-refractivity contribution is 7.99. The van der Waals surface area contributed by atoms with Crippen LogP contribution < -0.4 is 5.32 Å². The number of likely N-dealkylation sites (tertiary alicyclic amines) is 1. The Hall–Kier alpha value is -2.02. The van der Waals surface area contributed by atoms with Gasteiger partial charge in [0.1, 0.15) is 6.04 Å². The van der Waals surface area contributed by atoms with Gasteiger partial charge in [-0.2, -0.15) is 0 Å². The molecule has 2 atom stereocenters. The number of rotatable bonds is 8. The van der Waals surface area contributed by atoms with E-state index in [2.05, 4.69) is 31.3 Å². The van der Waals surface area contributed by atoms with Crippen LogP contribution in [0.15, 0.2) is 29.2 Å². The standard InChI is InChI=1S/C22H32N2O4S/c1-5-28-22(27)18-7-6-12-24(13-18)21(26)20(23-16(4)25)14-29-19-10-8-17(9-11-19)15(2)3/h8-11,15,18,20H,5-7,12-14H2,1-4H3,(H,23,25). The Labute approximate surface area is 177 Å². The van der Waals surface area contributed by atoms with Gasteiger partial charge in [0.05, 0.1) is 12.5 Å². The van der Waals surface area contributed by atoms with E-state index >= 15 is 0 Å². The van der Waals surface area contributed by atoms with Crippen molar-refractivity contribution in [2.45, 2.75) is 57.4 Å². The molecule has 6 nitrogen and oxygen atoms in total. The van der Waals surface area contributed by atoms with E-state index in [1.807, 2.05) is 12.1 Å². The molecule has 0 radical (unpaired) electrons. The lowest BCUT2D eigenvalue weighted by molar-refractivity contribution is -0.151. The first-order valence-corrected chi connectivity index (χ1v) is 11.3. The van der Waals surface area contributed by atoms with Gasteiger partial charge in [-0.1, -0.05) is 26.0 Å². The first-order chi connectivity index (χ1) is 13.8. The van der Waals surface area contributed by atoms with Crippen molar-refractivity contribution in [1.82, 2.24) is 10.2 Å². The minimum atomic E-state index is -0.622. The molecular formula is C22H32N2O4S. The molecule has 1 heterocycles. The summed E-state index contributed by atoms with van der Waals surface area (Å²) in [6.45, 7) is 8.77. The van der Waals surface area contributed by atoms with Gasteiger partial charge in [-0.25, -0.2) is 0 Å². The fourth-order valence-electron chi connectivity index (χ4n) is 3.40. The second kappa shape index (κ2) is 11.2. The molecule has 2 rings (SSSR count). The van der Waals surface area contributed by atoms with E-state index < -0.39 is 6.04 Å². The quantitative estimate of drug-likeness (QED) is 0.516. The molecule has 160 valence electrons. The van der Waals surface area contributed by atoms with Crippen molar-refractivity contribution >= 4 is 29.5 Å². The smallest absolute Gasteiger partial charge is 0.310 e. The minimum absolute atomic E-state index is 0.138. The Bertz CT molecular complexity index is 705. The molecule has 0 aromatic heterocycles. The van der Waals surface area contributed by atoms with Crippen LogP contribution >= 0.6 is 11.8 Å². The molecule has 1 saturated heterocycles. The van der Waals surface area contributed by atoms with E-state index in [-0.39, 0.29) is 23.7 Å². The van der Waals surface area contributed by atoms with Crippen LogP contribution in [0.5, 0.6) is 0 Å². The summed E-state index contributed by atoms with van der Waals surface area (Å²) < 4.78 is 5.12. The number of nitrogens with zero attached hydrogens (tertiary/aromatic N) is 1. The maximum atomic E-state index is 13.1. The van der Waals surface area contributed by atoms with E-state index in [0.29, 0.717) is 31.4 Å². The van der Waals surface area contributed by atoms with Crippen LogP contribution in [0.4, 0.5) is 0 Å². The number of hydrogen-bond donors (Lipinski definition) is 1. The molecule has 1 aromatic carbocycles. The summed E-state index contributed by atoms with van der Waals surface area (Å²) in [6, 6.07) is 7.66. The lowest BCUT2D eigenvalue weighted by Gasteiger charge is -2.34. The zero-order valence-corrected chi connectivity index (χ0v) is 18.6. The van der Waals surface area contributed by atoms with E-state index in [1.165, 1.54) is 12.5 Å². The Morgan fingerprint density at radius 2 is 1.93 bits per heavy atom. The van der Waals surface area contributed by atoms with Crippen molar-refractivity contribution in [3.63, 3.8) is 0 Å². The van der Waals surface area contributed by atoms with Crippen LogP contribution in [-0.2, 0) is 19.1 Å². The molecule has 29 heavy (non-hydrogen) atoms. The zero-order valence-electron chi connectivity index (χ0n) is 17.8. The third-order valence-electron chi connectivity index (χ3n) is 4.99. The highest BCUT2D eigenvalue weighted by Crippen LogP contribution is 2.24. The Morgan fingerprint density at radius 1 is 1.24 bits per heavy atom. The fraction of sp³-hybridized carbons (Fsp3) is 0.591. The van der Waals surface area contributed by atoms with Gasteiger partial charge < -0.3 is 15.0 Å². The molecule has 1 aliphatic heterocycles. The lowest BCUT2D eigenvalue weighted by atomic mass is 9.97. The number of thioether (sulfide) groups is 1. The largest absolute Gasteiger partial charge is 0.466 e. The molecule has 1 N–H and O–H groups in total. The van der Waals surface area contributed by atoms with Crippen molar-refractivity contribution < 1.29 is 19.1 Å². The SMILES string of the molecule is CCOC(=O)C1CCCN(C(=O)C(CSc2ccc(C(C)C)cc2)NC(C)=O)C1. The van der Waals surface area contributed by atoms with E-state index in [1.54, 1.807) is 23.6 Å². The average Bonchev–Trinajstić information content (AvgIpc) is 2.71. The zero-order chi connectivity index (χ0) is 21.4. The highest BCUT2D eigenvalue weighted by Gasteiger charge is 2.32. The molecule has 1 fully saturated rings. The maximum Gasteiger partial charge on any atom is 0.310 e. The van der Waals surface area contributed by atoms with Crippen LogP contribution in [0.3, 0.4) is 0 Å². The summed E-state index contributed by atoms with van der Waals surface area (Å²) in [5.41, 5.74) is 1.27. The highest BCUT2D eigenvalue weighted by atomic mass is 32.2. The summed E-state index contributed by atoms with van der Waals surface area (Å²) in [5, 5.41) is 2.78. The molecule has 0 aliphatic carbocycles. The first-order valence-electron chi connectivity index (χ1n) is 10.3. The van der Waals surface area contributed by atoms with Gasteiger partial charge in [0.2, 0.25) is 11.8 Å². The number of hydrogen-bond acceptors (Lipinski definition) is 5. The molecule has 0 spiro atoms. The molecule has 1 aromatic rings. The minimum Gasteiger partial charge on any atom is -0.466 e. The van der Waals surface area contributed by atoms with Gasteiger partial charge in [0, 0.05) is 30.7 Å². The first kappa shape index (κ1) is 23.3. The van der Waals surface area contributed by atoms with Gasteiger partial charge in [0.15, 0.2) is 0 Å². The number of carbonyl (C=O) groups excluding carboxylic acids is 3. The molecule has 0 bridgehead atoms. The topological polar surface area (TPSA) is 75.7 Å². The van der Waals surface area contributed by atoms with Crippen LogP contribution in [0, 0.1) is 5.92 Å². The van der Waals surface area contributed by atoms with Crippen LogP contribution in [0.2, 0.25) is 0 Å². The number of piperidine rings is 1. The number of nitrogens with one attached hydrogen (secondary N) is 1. The van der Waals surface area contributed by atoms with Crippen LogP contribution in [0.1, 0.15) is 52.0 Å². The number of carbonyl (C=O) groups is 3. The van der Waals surface area contributed by atoms with Gasteiger partial charge in [-0.3, -0.25) is 14.4 Å². The van der Waals surface area contributed by atoms with Crippen molar-refractivity contribution in [1.29, 1.82) is 0 Å². The number of ether oxygens (including phenoxy) is 1. The third-order valence-corrected chi connectivity index (χ3v) is 6.10. The Balaban J connectivity index is 2.01. The van der Waals surface area contributed by atoms with E-state index in [9.17, 15) is 14.4 Å². The summed E-state index contributed by atoms with van der Waals surface area (Å²) in [6.07, 6.45) is 1.48. The van der Waals surface area contributed by atoms with Crippen molar-refractivity contribution in [2.75, 3.05) is 25.4 Å². The number of amides is 2. The van der Waals surface area contributed by atoms with E-state index in [4.69, 9.17) is 4.74 Å². The van der Waals surface area contributed by atoms with Gasteiger partial charge in [0.25, 0.3) is 0 Å². The van der Waals surface area contributed by atoms with Gasteiger partial charge in [-0.05, 0) is 43.4 Å². The summed E-state index contributed by atoms with van der Waals surface area (Å²) in [5.74, 6) is -0.00433. The second-order valence-electron chi connectivity index (χ2n) is 7.66. The van der Waals surface area contributed by atoms with Crippen LogP contribution in [-0.4, -0.2) is 54.2 Å². The van der Waals surface area contributed by atoms with Crippen molar-refractivity contribution in [2.24, 2.45) is 5.92 Å². The van der Waals surface area contributed by atoms with Gasteiger partial charge >= 0.3 is 5.97 Å². The Morgan fingerprint density at radius 3 is 2.52 bits per heavy atom. The molecule has 1 aliphatic rings. The predicted octanol–water partition coefficient (Wildman–Crippen LogP) is 3.21.